The number of nitrogens with one attached hydrogen (secondary N) is 1. The van der Waals surface area contributed by atoms with Gasteiger partial charge in [0.05, 0.1) is 19.1 Å². The average Bonchev–Trinajstić information content (AvgIpc) is 3.27. The van der Waals surface area contributed by atoms with Crippen LogP contribution in [0, 0.1) is 0 Å². The van der Waals surface area contributed by atoms with E-state index in [1.165, 1.54) is 23.9 Å². The van der Waals surface area contributed by atoms with Crippen molar-refractivity contribution >= 4 is 17.2 Å². The summed E-state index contributed by atoms with van der Waals surface area (Å²) in [5.74, 6) is 0.183. The van der Waals surface area contributed by atoms with Gasteiger partial charge in [0.1, 0.15) is 5.76 Å². The van der Waals surface area contributed by atoms with Crippen LogP contribution in [0.25, 0.3) is 0 Å². The van der Waals surface area contributed by atoms with Gasteiger partial charge >= 0.3 is 0 Å². The Morgan fingerprint density at radius 1 is 1.24 bits per heavy atom. The largest absolute Gasteiger partial charge is 0.466 e. The van der Waals surface area contributed by atoms with Gasteiger partial charge in [-0.2, -0.15) is 11.3 Å². The van der Waals surface area contributed by atoms with Crippen LogP contribution >= 0.6 is 11.3 Å². The molecule has 108 valence electrons. The molecule has 1 amide bonds. The van der Waals surface area contributed by atoms with Crippen molar-refractivity contribution in [3.05, 3.63) is 70.7 Å². The first-order valence-electron chi connectivity index (χ1n) is 6.31. The normalized spacial score (nSPS) is 13.8. The zero-order valence-corrected chi connectivity index (χ0v) is 11.8. The molecule has 3 aromatic rings. The zero-order valence-electron chi connectivity index (χ0n) is 11.0. The van der Waals surface area contributed by atoms with E-state index in [-0.39, 0.29) is 18.2 Å². The first-order chi connectivity index (χ1) is 10.2. The minimum Gasteiger partial charge on any atom is -0.466 e. The average molecular weight is 303 g/mol. The standard InChI is InChI=1S/C15H13NO4S/c17-14(12-3-1-6-19-12)16-10-15(18,11-5-8-21-9-11)13-4-2-7-20-13/h1-9,18H,10H2,(H,16,17). The minimum absolute atomic E-state index is 0.0171. The van der Waals surface area contributed by atoms with Crippen molar-refractivity contribution in [2.45, 2.75) is 5.60 Å². The fourth-order valence-corrected chi connectivity index (χ4v) is 2.77. The summed E-state index contributed by atoms with van der Waals surface area (Å²) in [7, 11) is 0. The second-order valence-electron chi connectivity index (χ2n) is 4.51. The van der Waals surface area contributed by atoms with Crippen LogP contribution in [0.1, 0.15) is 21.9 Å². The van der Waals surface area contributed by atoms with Gasteiger partial charge in [-0.05, 0) is 41.1 Å². The van der Waals surface area contributed by atoms with Crippen molar-refractivity contribution in [2.75, 3.05) is 6.54 Å². The maximum absolute atomic E-state index is 11.9. The Kier molecular flexibility index (Phi) is 3.64. The number of rotatable bonds is 5. The van der Waals surface area contributed by atoms with Gasteiger partial charge in [0, 0.05) is 5.56 Å². The van der Waals surface area contributed by atoms with Gasteiger partial charge in [0.25, 0.3) is 5.91 Å². The lowest BCUT2D eigenvalue weighted by molar-refractivity contribution is 0.0521. The van der Waals surface area contributed by atoms with Crippen molar-refractivity contribution < 1.29 is 18.7 Å². The molecule has 1 atom stereocenters. The van der Waals surface area contributed by atoms with E-state index in [9.17, 15) is 9.90 Å². The molecule has 0 aliphatic heterocycles. The second-order valence-corrected chi connectivity index (χ2v) is 5.29. The van der Waals surface area contributed by atoms with Crippen LogP contribution in [0.15, 0.2) is 62.5 Å². The SMILES string of the molecule is O=C(NCC(O)(c1ccsc1)c1ccco1)c1ccco1. The molecule has 2 N–H and O–H groups in total. The maximum atomic E-state index is 11.9. The fourth-order valence-electron chi connectivity index (χ4n) is 2.05. The lowest BCUT2D eigenvalue weighted by Crippen LogP contribution is -2.41. The molecule has 0 saturated carbocycles. The molecule has 0 aliphatic carbocycles. The molecule has 5 nitrogen and oxygen atoms in total. The molecule has 6 heteroatoms. The summed E-state index contributed by atoms with van der Waals surface area (Å²) in [5.41, 5.74) is -0.742. The lowest BCUT2D eigenvalue weighted by atomic mass is 9.93. The van der Waals surface area contributed by atoms with Gasteiger partial charge in [0.2, 0.25) is 0 Å². The first kappa shape index (κ1) is 13.7. The topological polar surface area (TPSA) is 75.6 Å². The van der Waals surface area contributed by atoms with Crippen LogP contribution in [0.3, 0.4) is 0 Å². The zero-order chi connectivity index (χ0) is 14.7. The molecule has 0 bridgehead atoms. The highest BCUT2D eigenvalue weighted by molar-refractivity contribution is 7.08. The Morgan fingerprint density at radius 3 is 2.67 bits per heavy atom. The number of aliphatic hydroxyl groups is 1. The third-order valence-corrected chi connectivity index (χ3v) is 3.86. The first-order valence-corrected chi connectivity index (χ1v) is 7.25. The number of hydrogen-bond acceptors (Lipinski definition) is 5. The Bertz CT molecular complexity index is 652. The summed E-state index contributed by atoms with van der Waals surface area (Å²) in [5, 5.41) is 17.3. The van der Waals surface area contributed by atoms with Crippen molar-refractivity contribution in [3.8, 4) is 0 Å². The highest BCUT2D eigenvalue weighted by Crippen LogP contribution is 2.31. The van der Waals surface area contributed by atoms with Crippen molar-refractivity contribution in [2.24, 2.45) is 0 Å². The Morgan fingerprint density at radius 2 is 2.05 bits per heavy atom. The maximum Gasteiger partial charge on any atom is 0.287 e. The Labute approximate surface area is 124 Å². The number of carbonyl (C=O) groups is 1. The van der Waals surface area contributed by atoms with E-state index in [1.807, 2.05) is 10.8 Å². The van der Waals surface area contributed by atoms with Gasteiger partial charge in [-0.15, -0.1) is 0 Å². The van der Waals surface area contributed by atoms with E-state index in [4.69, 9.17) is 8.83 Å². The smallest absolute Gasteiger partial charge is 0.287 e. The van der Waals surface area contributed by atoms with Crippen molar-refractivity contribution in [1.82, 2.24) is 5.32 Å². The molecule has 3 aromatic heterocycles. The molecule has 3 heterocycles. The molecule has 0 saturated heterocycles. The summed E-state index contributed by atoms with van der Waals surface area (Å²) in [6.07, 6.45) is 2.91. The summed E-state index contributed by atoms with van der Waals surface area (Å²) >= 11 is 1.46. The highest BCUT2D eigenvalue weighted by atomic mass is 32.1. The van der Waals surface area contributed by atoms with Crippen molar-refractivity contribution in [1.29, 1.82) is 0 Å². The number of hydrogen-bond donors (Lipinski definition) is 2. The Hall–Kier alpha value is -2.31. The summed E-state index contributed by atoms with van der Waals surface area (Å²) in [4.78, 5) is 11.9. The van der Waals surface area contributed by atoms with Crippen LogP contribution in [-0.2, 0) is 5.60 Å². The summed E-state index contributed by atoms with van der Waals surface area (Å²) in [6, 6.07) is 8.36. The number of carbonyl (C=O) groups excluding carboxylic acids is 1. The third-order valence-electron chi connectivity index (χ3n) is 3.18. The molecule has 21 heavy (non-hydrogen) atoms. The van der Waals surface area contributed by atoms with Crippen LogP contribution < -0.4 is 5.32 Å². The van der Waals surface area contributed by atoms with E-state index in [2.05, 4.69) is 5.32 Å². The van der Waals surface area contributed by atoms with Gasteiger partial charge in [-0.3, -0.25) is 4.79 Å². The minimum atomic E-state index is -1.41. The quantitative estimate of drug-likeness (QED) is 0.759. The molecule has 0 radical (unpaired) electrons. The van der Waals surface area contributed by atoms with Gasteiger partial charge in [-0.1, -0.05) is 0 Å². The third kappa shape index (κ3) is 2.63. The lowest BCUT2D eigenvalue weighted by Gasteiger charge is -2.25. The van der Waals surface area contributed by atoms with Gasteiger partial charge in [-0.25, -0.2) is 0 Å². The predicted octanol–water partition coefficient (Wildman–Crippen LogP) is 2.60. The van der Waals surface area contributed by atoms with Gasteiger partial charge < -0.3 is 19.3 Å². The summed E-state index contributed by atoms with van der Waals surface area (Å²) < 4.78 is 10.4. The molecule has 3 rings (SSSR count). The van der Waals surface area contributed by atoms with Gasteiger partial charge in [0.15, 0.2) is 11.4 Å². The molecule has 0 fully saturated rings. The van der Waals surface area contributed by atoms with Crippen LogP contribution in [0.2, 0.25) is 0 Å². The molecule has 0 aromatic carbocycles. The van der Waals surface area contributed by atoms with E-state index < -0.39 is 5.60 Å². The second kappa shape index (κ2) is 5.59. The molecule has 1 unspecified atom stereocenters. The number of furan rings is 2. The fraction of sp³-hybridized carbons (Fsp3) is 0.133. The number of amides is 1. The Balaban J connectivity index is 1.83. The van der Waals surface area contributed by atoms with Crippen LogP contribution in [-0.4, -0.2) is 17.6 Å². The molecule has 0 aliphatic rings. The number of thiophene rings is 1. The predicted molar refractivity (Wildman–Crippen MR) is 77.1 cm³/mol. The van der Waals surface area contributed by atoms with Crippen LogP contribution in [0.5, 0.6) is 0 Å². The molecular weight excluding hydrogens is 290 g/mol. The summed E-state index contributed by atoms with van der Waals surface area (Å²) in [6.45, 7) is -0.0171. The van der Waals surface area contributed by atoms with E-state index in [0.29, 0.717) is 11.3 Å². The van der Waals surface area contributed by atoms with E-state index in [1.54, 1.807) is 30.3 Å². The monoisotopic (exact) mass is 303 g/mol. The molecular formula is C15H13NO4S. The van der Waals surface area contributed by atoms with Crippen molar-refractivity contribution in [3.63, 3.8) is 0 Å². The van der Waals surface area contributed by atoms with E-state index >= 15 is 0 Å². The molecule has 0 spiro atoms. The van der Waals surface area contributed by atoms with E-state index in [0.717, 1.165) is 0 Å². The van der Waals surface area contributed by atoms with Crippen LogP contribution in [0.4, 0.5) is 0 Å². The highest BCUT2D eigenvalue weighted by Gasteiger charge is 2.35.